The molecule has 0 spiro atoms. The van der Waals surface area contributed by atoms with Crippen LogP contribution in [0.3, 0.4) is 0 Å². The summed E-state index contributed by atoms with van der Waals surface area (Å²) in [6.45, 7) is 1.53. The van der Waals surface area contributed by atoms with Crippen molar-refractivity contribution in [2.24, 2.45) is 12.0 Å². The molecule has 6 nitrogen and oxygen atoms in total. The summed E-state index contributed by atoms with van der Waals surface area (Å²) in [5.41, 5.74) is 3.50. The molecule has 0 aliphatic heterocycles. The highest BCUT2D eigenvalue weighted by atomic mass is 127. The van der Waals surface area contributed by atoms with Crippen LogP contribution in [0.4, 0.5) is 0 Å². The Morgan fingerprint density at radius 3 is 2.50 bits per heavy atom. The van der Waals surface area contributed by atoms with E-state index >= 15 is 0 Å². The van der Waals surface area contributed by atoms with Crippen LogP contribution in [-0.4, -0.2) is 39.3 Å². The number of rotatable bonds is 5. The number of aryl methyl sites for hydroxylation is 1. The Hall–Kier alpha value is -2.29. The van der Waals surface area contributed by atoms with Crippen molar-refractivity contribution < 1.29 is 0 Å². The van der Waals surface area contributed by atoms with E-state index in [1.165, 1.54) is 11.3 Å². The van der Waals surface area contributed by atoms with E-state index in [4.69, 9.17) is 0 Å². The highest BCUT2D eigenvalue weighted by molar-refractivity contribution is 14.0. The molecule has 0 amide bonds. The van der Waals surface area contributed by atoms with Crippen LogP contribution >= 0.6 is 24.0 Å². The predicted octanol–water partition coefficient (Wildman–Crippen LogP) is 3.04. The summed E-state index contributed by atoms with van der Waals surface area (Å²) in [5.74, 6) is 0.873. The molecule has 26 heavy (non-hydrogen) atoms. The molecule has 2 heterocycles. The smallest absolute Gasteiger partial charge is 0.194 e. The quantitative estimate of drug-likeness (QED) is 0.359. The molecule has 0 aliphatic rings. The Bertz CT molecular complexity index is 820. The van der Waals surface area contributed by atoms with E-state index < -0.39 is 0 Å². The van der Waals surface area contributed by atoms with Crippen molar-refractivity contribution in [2.75, 3.05) is 14.1 Å². The molecule has 138 valence electrons. The van der Waals surface area contributed by atoms with Gasteiger partial charge >= 0.3 is 0 Å². The average molecular weight is 464 g/mol. The molecule has 1 N–H and O–H groups in total. The Labute approximate surface area is 171 Å². The summed E-state index contributed by atoms with van der Waals surface area (Å²) in [7, 11) is 5.91. The third-order valence-corrected chi connectivity index (χ3v) is 4.18. The molecule has 0 bridgehead atoms. The van der Waals surface area contributed by atoms with E-state index in [0.29, 0.717) is 0 Å². The second-order valence-electron chi connectivity index (χ2n) is 5.98. The molecule has 1 aromatic carbocycles. The number of halogens is 1. The van der Waals surface area contributed by atoms with Crippen LogP contribution in [0.5, 0.6) is 0 Å². The Kier molecular flexibility index (Phi) is 7.26. The molecular formula is C19H25IN6. The van der Waals surface area contributed by atoms with Crippen molar-refractivity contribution in [1.82, 2.24) is 24.6 Å². The molecule has 0 aliphatic carbocycles. The SMILES string of the molecule is CN=C(NCc1ccc(-n2cccn2)cc1)N(C)Cc1cccn1C.I. The zero-order valence-corrected chi connectivity index (χ0v) is 17.7. The molecular weight excluding hydrogens is 439 g/mol. The first-order valence-electron chi connectivity index (χ1n) is 8.28. The predicted molar refractivity (Wildman–Crippen MR) is 116 cm³/mol. The van der Waals surface area contributed by atoms with Crippen LogP contribution in [0.15, 0.2) is 66.0 Å². The van der Waals surface area contributed by atoms with E-state index in [2.05, 4.69) is 74.5 Å². The van der Waals surface area contributed by atoms with Gasteiger partial charge in [0, 0.05) is 52.0 Å². The van der Waals surface area contributed by atoms with Crippen molar-refractivity contribution in [3.8, 4) is 5.69 Å². The summed E-state index contributed by atoms with van der Waals surface area (Å²) in [6.07, 6.45) is 5.77. The fourth-order valence-corrected chi connectivity index (χ4v) is 2.73. The van der Waals surface area contributed by atoms with Gasteiger partial charge in [-0.3, -0.25) is 4.99 Å². The monoisotopic (exact) mass is 464 g/mol. The summed E-state index contributed by atoms with van der Waals surface area (Å²) in [5, 5.41) is 7.66. The number of aromatic nitrogens is 3. The standard InChI is InChI=1S/C19H24N6.HI/c1-20-19(24(3)15-18-6-4-12-23(18)2)21-14-16-7-9-17(10-8-16)25-13-5-11-22-25;/h4-13H,14-15H2,1-3H3,(H,20,21);1H. The second-order valence-corrected chi connectivity index (χ2v) is 5.98. The van der Waals surface area contributed by atoms with Gasteiger partial charge in [-0.15, -0.1) is 24.0 Å². The van der Waals surface area contributed by atoms with E-state index in [1.54, 1.807) is 6.20 Å². The minimum atomic E-state index is 0. The van der Waals surface area contributed by atoms with Gasteiger partial charge in [-0.2, -0.15) is 5.10 Å². The van der Waals surface area contributed by atoms with Crippen LogP contribution in [0.2, 0.25) is 0 Å². The number of benzene rings is 1. The molecule has 0 saturated heterocycles. The first-order chi connectivity index (χ1) is 12.2. The first kappa shape index (κ1) is 20.0. The summed E-state index contributed by atoms with van der Waals surface area (Å²) in [6, 6.07) is 14.4. The number of guanidine groups is 1. The third-order valence-electron chi connectivity index (χ3n) is 4.18. The normalized spacial score (nSPS) is 11.1. The minimum absolute atomic E-state index is 0. The van der Waals surface area contributed by atoms with Gasteiger partial charge in [-0.05, 0) is 35.9 Å². The van der Waals surface area contributed by atoms with Gasteiger partial charge in [0.2, 0.25) is 0 Å². The number of nitrogens with zero attached hydrogens (tertiary/aromatic N) is 5. The molecule has 0 fully saturated rings. The zero-order valence-electron chi connectivity index (χ0n) is 15.3. The molecule has 7 heteroatoms. The molecule has 3 aromatic rings. The summed E-state index contributed by atoms with van der Waals surface area (Å²) < 4.78 is 3.97. The van der Waals surface area contributed by atoms with Crippen LogP contribution < -0.4 is 5.32 Å². The van der Waals surface area contributed by atoms with Crippen molar-refractivity contribution in [1.29, 1.82) is 0 Å². The maximum atomic E-state index is 4.38. The molecule has 0 unspecified atom stereocenters. The fourth-order valence-electron chi connectivity index (χ4n) is 2.73. The lowest BCUT2D eigenvalue weighted by Crippen LogP contribution is -2.38. The Balaban J connectivity index is 0.00000243. The van der Waals surface area contributed by atoms with Crippen LogP contribution in [0, 0.1) is 0 Å². The molecule has 0 atom stereocenters. The number of hydrogen-bond acceptors (Lipinski definition) is 2. The van der Waals surface area contributed by atoms with Gasteiger partial charge in [-0.1, -0.05) is 12.1 Å². The van der Waals surface area contributed by atoms with Crippen LogP contribution in [-0.2, 0) is 20.1 Å². The second kappa shape index (κ2) is 9.42. The van der Waals surface area contributed by atoms with Gasteiger partial charge in [0.15, 0.2) is 5.96 Å². The van der Waals surface area contributed by atoms with E-state index in [1.807, 2.05) is 31.0 Å². The lowest BCUT2D eigenvalue weighted by molar-refractivity contribution is 0.461. The third kappa shape index (κ3) is 4.87. The molecule has 3 rings (SSSR count). The van der Waals surface area contributed by atoms with Crippen LogP contribution in [0.1, 0.15) is 11.3 Å². The first-order valence-corrected chi connectivity index (χ1v) is 8.28. The van der Waals surface area contributed by atoms with Crippen LogP contribution in [0.25, 0.3) is 5.69 Å². The average Bonchev–Trinajstić information content (AvgIpc) is 3.29. The van der Waals surface area contributed by atoms with E-state index in [-0.39, 0.29) is 24.0 Å². The van der Waals surface area contributed by atoms with Gasteiger partial charge in [0.1, 0.15) is 0 Å². The van der Waals surface area contributed by atoms with Gasteiger partial charge in [0.25, 0.3) is 0 Å². The minimum Gasteiger partial charge on any atom is -0.353 e. The lowest BCUT2D eigenvalue weighted by atomic mass is 10.2. The van der Waals surface area contributed by atoms with E-state index in [0.717, 1.165) is 24.7 Å². The lowest BCUT2D eigenvalue weighted by Gasteiger charge is -2.22. The van der Waals surface area contributed by atoms with Crippen molar-refractivity contribution in [3.63, 3.8) is 0 Å². The van der Waals surface area contributed by atoms with E-state index in [9.17, 15) is 0 Å². The number of aliphatic imine (C=N–C) groups is 1. The van der Waals surface area contributed by atoms with Crippen molar-refractivity contribution in [2.45, 2.75) is 13.1 Å². The van der Waals surface area contributed by atoms with Crippen molar-refractivity contribution in [3.05, 3.63) is 72.3 Å². The Morgan fingerprint density at radius 1 is 1.15 bits per heavy atom. The largest absolute Gasteiger partial charge is 0.353 e. The number of hydrogen-bond donors (Lipinski definition) is 1. The maximum absolute atomic E-state index is 4.38. The summed E-state index contributed by atoms with van der Waals surface area (Å²) >= 11 is 0. The maximum Gasteiger partial charge on any atom is 0.194 e. The van der Waals surface area contributed by atoms with Crippen molar-refractivity contribution >= 4 is 29.9 Å². The number of nitrogens with one attached hydrogen (secondary N) is 1. The van der Waals surface area contributed by atoms with Gasteiger partial charge in [0.05, 0.1) is 12.2 Å². The van der Waals surface area contributed by atoms with Gasteiger partial charge < -0.3 is 14.8 Å². The molecule has 0 saturated carbocycles. The molecule has 2 aromatic heterocycles. The Morgan fingerprint density at radius 2 is 1.92 bits per heavy atom. The zero-order chi connectivity index (χ0) is 17.6. The fraction of sp³-hybridized carbons (Fsp3) is 0.263. The topological polar surface area (TPSA) is 50.4 Å². The van der Waals surface area contributed by atoms with Gasteiger partial charge in [-0.25, -0.2) is 4.68 Å². The highest BCUT2D eigenvalue weighted by Gasteiger charge is 2.08. The highest BCUT2D eigenvalue weighted by Crippen LogP contribution is 2.09. The molecule has 0 radical (unpaired) electrons. The summed E-state index contributed by atoms with van der Waals surface area (Å²) in [4.78, 5) is 6.50.